The Labute approximate surface area is 96.9 Å². The van der Waals surface area contributed by atoms with E-state index in [2.05, 4.69) is 6.58 Å². The van der Waals surface area contributed by atoms with E-state index < -0.39 is 10.1 Å². The van der Waals surface area contributed by atoms with E-state index >= 15 is 0 Å². The van der Waals surface area contributed by atoms with E-state index in [9.17, 15) is 8.42 Å². The molecule has 1 aromatic rings. The molecule has 0 saturated carbocycles. The summed E-state index contributed by atoms with van der Waals surface area (Å²) in [6, 6.07) is 8.86. The summed E-state index contributed by atoms with van der Waals surface area (Å²) in [5, 5.41) is 0.752. The molecule has 0 amide bonds. The molecule has 0 atom stereocenters. The minimum atomic E-state index is -4.00. The van der Waals surface area contributed by atoms with Crippen molar-refractivity contribution < 1.29 is 13.0 Å². The third-order valence-electron chi connectivity index (χ3n) is 1.23. The molecule has 0 aliphatic heterocycles. The lowest BCUT2D eigenvalue weighted by Crippen LogP contribution is -1.88. The molecule has 16 heavy (non-hydrogen) atoms. The number of benzene rings is 1. The van der Waals surface area contributed by atoms with Crippen LogP contribution < -0.4 is 0 Å². The molecule has 1 N–H and O–H groups in total. The third kappa shape index (κ3) is 10.7. The molecule has 3 nitrogen and oxygen atoms in total. The maximum absolute atomic E-state index is 10.3. The predicted octanol–water partition coefficient (Wildman–Crippen LogP) is 3.13. The molecule has 1 rings (SSSR count). The lowest BCUT2D eigenvalue weighted by Gasteiger charge is -1.89. The van der Waals surface area contributed by atoms with Gasteiger partial charge in [0.05, 0.1) is 5.41 Å². The lowest BCUT2D eigenvalue weighted by atomic mass is 10.2. The van der Waals surface area contributed by atoms with E-state index in [1.807, 2.05) is 19.9 Å². The molecule has 0 radical (unpaired) electrons. The molecule has 0 spiro atoms. The smallest absolute Gasteiger partial charge is 0.282 e. The van der Waals surface area contributed by atoms with Crippen LogP contribution in [0, 0.1) is 0 Å². The minimum Gasteiger partial charge on any atom is -0.282 e. The van der Waals surface area contributed by atoms with Crippen molar-refractivity contribution in [1.82, 2.24) is 0 Å². The van der Waals surface area contributed by atoms with Gasteiger partial charge in [0.15, 0.2) is 0 Å². The van der Waals surface area contributed by atoms with Crippen LogP contribution in [-0.2, 0) is 10.1 Å². The van der Waals surface area contributed by atoms with Crippen LogP contribution in [0.4, 0.5) is 0 Å². The molecule has 0 unspecified atom stereocenters. The van der Waals surface area contributed by atoms with Gasteiger partial charge in [-0.3, -0.25) is 4.55 Å². The molecule has 0 bridgehead atoms. The van der Waals surface area contributed by atoms with Gasteiger partial charge in [-0.15, -0.1) is 6.58 Å². The van der Waals surface area contributed by atoms with Crippen molar-refractivity contribution in [2.45, 2.75) is 13.8 Å². The van der Waals surface area contributed by atoms with E-state index in [-0.39, 0.29) is 0 Å². The second kappa shape index (κ2) is 6.98. The standard InChI is InChI=1S/C8H8O3S.C4H8/c9-12(10,11)7-6-8-4-2-1-3-5-8;1-4(2)3/h1-7H,(H,9,10,11);1H2,2-3H3. The first-order valence-electron chi connectivity index (χ1n) is 4.64. The highest BCUT2D eigenvalue weighted by Crippen LogP contribution is 2.01. The van der Waals surface area contributed by atoms with Crippen molar-refractivity contribution >= 4 is 16.2 Å². The Kier molecular flexibility index (Phi) is 6.37. The lowest BCUT2D eigenvalue weighted by molar-refractivity contribution is 0.494. The van der Waals surface area contributed by atoms with Gasteiger partial charge in [-0.05, 0) is 25.5 Å². The maximum Gasteiger partial charge on any atom is 0.287 e. The zero-order chi connectivity index (χ0) is 12.6. The first-order chi connectivity index (χ1) is 7.31. The average molecular weight is 240 g/mol. The van der Waals surface area contributed by atoms with E-state index in [4.69, 9.17) is 4.55 Å². The van der Waals surface area contributed by atoms with Gasteiger partial charge >= 0.3 is 0 Å². The fourth-order valence-electron chi connectivity index (χ4n) is 0.729. The molecular formula is C12H16O3S. The quantitative estimate of drug-likeness (QED) is 0.638. The van der Waals surface area contributed by atoms with Crippen LogP contribution in [0.2, 0.25) is 0 Å². The SMILES string of the molecule is C=C(C)C.O=S(=O)(O)C=Cc1ccccc1. The van der Waals surface area contributed by atoms with Gasteiger partial charge in [0.1, 0.15) is 0 Å². The summed E-state index contributed by atoms with van der Waals surface area (Å²) in [6.45, 7) is 7.50. The Morgan fingerprint density at radius 3 is 2.06 bits per heavy atom. The van der Waals surface area contributed by atoms with Gasteiger partial charge in [0.2, 0.25) is 0 Å². The topological polar surface area (TPSA) is 54.4 Å². The van der Waals surface area contributed by atoms with Gasteiger partial charge < -0.3 is 0 Å². The predicted molar refractivity (Wildman–Crippen MR) is 67.5 cm³/mol. The maximum atomic E-state index is 10.3. The normalized spacial score (nSPS) is 10.7. The number of rotatable bonds is 2. The van der Waals surface area contributed by atoms with E-state index in [1.165, 1.54) is 11.6 Å². The molecule has 88 valence electrons. The summed E-state index contributed by atoms with van der Waals surface area (Å²) in [5.41, 5.74) is 1.90. The van der Waals surface area contributed by atoms with E-state index in [1.54, 1.807) is 24.3 Å². The van der Waals surface area contributed by atoms with Crippen LogP contribution in [0.1, 0.15) is 19.4 Å². The van der Waals surface area contributed by atoms with E-state index in [0.717, 1.165) is 11.0 Å². The fraction of sp³-hybridized carbons (Fsp3) is 0.167. The van der Waals surface area contributed by atoms with E-state index in [0.29, 0.717) is 0 Å². The zero-order valence-electron chi connectivity index (χ0n) is 9.42. The number of hydrogen-bond donors (Lipinski definition) is 1. The van der Waals surface area contributed by atoms with Crippen LogP contribution in [0.3, 0.4) is 0 Å². The number of allylic oxidation sites excluding steroid dienone is 1. The van der Waals surface area contributed by atoms with Crippen LogP contribution in [0.5, 0.6) is 0 Å². The monoisotopic (exact) mass is 240 g/mol. The van der Waals surface area contributed by atoms with Gasteiger partial charge in [0.25, 0.3) is 10.1 Å². The second-order valence-electron chi connectivity index (χ2n) is 3.44. The largest absolute Gasteiger partial charge is 0.287 e. The summed E-state index contributed by atoms with van der Waals surface area (Å²) in [4.78, 5) is 0. The van der Waals surface area contributed by atoms with Crippen molar-refractivity contribution in [3.05, 3.63) is 53.5 Å². The van der Waals surface area contributed by atoms with Crippen molar-refractivity contribution in [1.29, 1.82) is 0 Å². The van der Waals surface area contributed by atoms with Crippen LogP contribution in [0.15, 0.2) is 47.9 Å². The highest BCUT2D eigenvalue weighted by Gasteiger charge is 1.94. The van der Waals surface area contributed by atoms with Gasteiger partial charge in [-0.25, -0.2) is 0 Å². The summed E-state index contributed by atoms with van der Waals surface area (Å²) in [5.74, 6) is 0. The second-order valence-corrected chi connectivity index (χ2v) is 4.74. The first-order valence-corrected chi connectivity index (χ1v) is 6.14. The molecule has 0 saturated heterocycles. The van der Waals surface area contributed by atoms with Crippen molar-refractivity contribution in [2.24, 2.45) is 0 Å². The Bertz CT molecular complexity index is 440. The van der Waals surface area contributed by atoms with Gasteiger partial charge in [-0.2, -0.15) is 8.42 Å². The van der Waals surface area contributed by atoms with Gasteiger partial charge in [-0.1, -0.05) is 35.9 Å². The fourth-order valence-corrected chi connectivity index (χ4v) is 1.06. The zero-order valence-corrected chi connectivity index (χ0v) is 10.2. The van der Waals surface area contributed by atoms with Crippen molar-refractivity contribution in [3.8, 4) is 0 Å². The Balaban J connectivity index is 0.000000487. The average Bonchev–Trinajstić information content (AvgIpc) is 2.14. The summed E-state index contributed by atoms with van der Waals surface area (Å²) < 4.78 is 28.9. The highest BCUT2D eigenvalue weighted by atomic mass is 32.2. The number of hydrogen-bond acceptors (Lipinski definition) is 2. The first kappa shape index (κ1) is 14.6. The molecule has 0 aliphatic rings. The van der Waals surface area contributed by atoms with Crippen molar-refractivity contribution in [2.75, 3.05) is 0 Å². The summed E-state index contributed by atoms with van der Waals surface area (Å²) in [6.07, 6.45) is 1.33. The summed E-state index contributed by atoms with van der Waals surface area (Å²) >= 11 is 0. The van der Waals surface area contributed by atoms with Crippen LogP contribution in [0.25, 0.3) is 6.08 Å². The molecule has 0 aliphatic carbocycles. The van der Waals surface area contributed by atoms with Crippen LogP contribution in [-0.4, -0.2) is 13.0 Å². The summed E-state index contributed by atoms with van der Waals surface area (Å²) in [7, 11) is -4.00. The van der Waals surface area contributed by atoms with Gasteiger partial charge in [0, 0.05) is 0 Å². The molecular weight excluding hydrogens is 224 g/mol. The molecule has 0 heterocycles. The highest BCUT2D eigenvalue weighted by molar-refractivity contribution is 7.88. The molecule has 1 aromatic carbocycles. The van der Waals surface area contributed by atoms with Crippen LogP contribution >= 0.6 is 0 Å². The minimum absolute atomic E-state index is 0.732. The Morgan fingerprint density at radius 2 is 1.69 bits per heavy atom. The Morgan fingerprint density at radius 1 is 1.25 bits per heavy atom. The molecule has 4 heteroatoms. The third-order valence-corrected chi connectivity index (χ3v) is 1.71. The Hall–Kier alpha value is -1.39. The molecule has 0 aromatic heterocycles. The van der Waals surface area contributed by atoms with Crippen molar-refractivity contribution in [3.63, 3.8) is 0 Å². The molecule has 0 fully saturated rings.